The maximum Gasteiger partial charge on any atom is 0.146 e. The van der Waals surface area contributed by atoms with Crippen molar-refractivity contribution in [3.63, 3.8) is 0 Å². The molecule has 0 saturated carbocycles. The number of aliphatic hydroxyl groups is 2. The van der Waals surface area contributed by atoms with Crippen LogP contribution in [0.15, 0.2) is 72.8 Å². The Bertz CT molecular complexity index is 1580. The molecule has 0 unspecified atom stereocenters. The Morgan fingerprint density at radius 3 is 1.22 bits per heavy atom. The molecule has 0 spiro atoms. The van der Waals surface area contributed by atoms with Crippen LogP contribution in [0.25, 0.3) is 33.4 Å². The quantitative estimate of drug-likeness (QED) is 0.277. The summed E-state index contributed by atoms with van der Waals surface area (Å²) in [4.78, 5) is 2.66. The third-order valence-electron chi connectivity index (χ3n) is 6.21. The molecule has 2 heterocycles. The fourth-order valence-corrected chi connectivity index (χ4v) is 4.38. The van der Waals surface area contributed by atoms with Gasteiger partial charge in [-0.2, -0.15) is 0 Å². The molecule has 4 N–H and O–H groups in total. The minimum atomic E-state index is -0.265. The average Bonchev–Trinajstić information content (AvgIpc) is 3.55. The number of fused-ring (bicyclic) bond motifs is 2. The van der Waals surface area contributed by atoms with Crippen LogP contribution in [0.1, 0.15) is 22.3 Å². The van der Waals surface area contributed by atoms with E-state index in [0.29, 0.717) is 55.7 Å². The molecular weight excluding hydrogens is 472 g/mol. The van der Waals surface area contributed by atoms with E-state index in [2.05, 4.69) is 20.4 Å². The predicted molar refractivity (Wildman–Crippen MR) is 136 cm³/mol. The van der Waals surface area contributed by atoms with Crippen molar-refractivity contribution in [2.45, 2.75) is 19.6 Å². The molecule has 10 heteroatoms. The highest BCUT2D eigenvalue weighted by atomic mass is 16.3. The van der Waals surface area contributed by atoms with Crippen molar-refractivity contribution in [2.75, 3.05) is 0 Å². The Morgan fingerprint density at radius 2 is 0.892 bits per heavy atom. The van der Waals surface area contributed by atoms with E-state index in [4.69, 9.17) is 0 Å². The Morgan fingerprint density at radius 1 is 0.541 bits per heavy atom. The van der Waals surface area contributed by atoms with E-state index in [1.807, 2.05) is 48.5 Å². The van der Waals surface area contributed by atoms with E-state index in [0.717, 1.165) is 0 Å². The zero-order chi connectivity index (χ0) is 25.5. The molecule has 4 aromatic carbocycles. The number of aromatic nitrogens is 6. The molecule has 0 aliphatic rings. The molecule has 6 rings (SSSR count). The smallest absolute Gasteiger partial charge is 0.146 e. The Hall–Kier alpha value is -4.80. The van der Waals surface area contributed by atoms with Crippen LogP contribution in [-0.2, 0) is 19.6 Å². The molecule has 0 radical (unpaired) electrons. The number of nitrogens with zero attached hydrogens (tertiary/aromatic N) is 6. The van der Waals surface area contributed by atoms with Crippen molar-refractivity contribution < 1.29 is 20.4 Å². The second-order valence-corrected chi connectivity index (χ2v) is 8.69. The summed E-state index contributed by atoms with van der Waals surface area (Å²) in [6.45, 7) is -0.530. The maximum absolute atomic E-state index is 11.2. The fraction of sp³-hybridized carbons (Fsp3) is 0.111. The normalized spacial score (nSPS) is 11.5. The lowest BCUT2D eigenvalue weighted by Crippen LogP contribution is -2.05. The first kappa shape index (κ1) is 22.7. The highest BCUT2D eigenvalue weighted by Crippen LogP contribution is 2.35. The first-order valence-electron chi connectivity index (χ1n) is 11.6. The molecular formula is C27H22N6O4. The predicted octanol–water partition coefficient (Wildman–Crippen LogP) is 3.14. The lowest BCUT2D eigenvalue weighted by molar-refractivity contribution is 0.281. The first-order chi connectivity index (χ1) is 18.0. The second kappa shape index (κ2) is 9.01. The van der Waals surface area contributed by atoms with E-state index in [-0.39, 0.29) is 31.1 Å². The Kier molecular flexibility index (Phi) is 5.52. The molecule has 0 amide bonds. The summed E-state index contributed by atoms with van der Waals surface area (Å²) < 4.78 is 0. The summed E-state index contributed by atoms with van der Waals surface area (Å²) in [5, 5.41) is 60.0. The van der Waals surface area contributed by atoms with Crippen molar-refractivity contribution in [3.05, 3.63) is 95.1 Å². The summed E-state index contributed by atoms with van der Waals surface area (Å²) in [5.74, 6) is -0.174. The highest BCUT2D eigenvalue weighted by Gasteiger charge is 2.19. The van der Waals surface area contributed by atoms with Crippen LogP contribution in [0.3, 0.4) is 0 Å². The number of hydrogen-bond donors (Lipinski definition) is 4. The summed E-state index contributed by atoms with van der Waals surface area (Å²) in [7, 11) is 0. The van der Waals surface area contributed by atoms with Gasteiger partial charge in [0.1, 0.15) is 44.9 Å². The van der Waals surface area contributed by atoms with Gasteiger partial charge in [0.25, 0.3) is 0 Å². The van der Waals surface area contributed by atoms with Gasteiger partial charge >= 0.3 is 0 Å². The summed E-state index contributed by atoms with van der Waals surface area (Å²) in [6.07, 6.45) is 0.0981. The van der Waals surface area contributed by atoms with Crippen LogP contribution in [0.5, 0.6) is 11.5 Å². The lowest BCUT2D eigenvalue weighted by Gasteiger charge is -2.15. The van der Waals surface area contributed by atoms with Gasteiger partial charge in [-0.05, 0) is 59.7 Å². The molecule has 6 aromatic rings. The maximum atomic E-state index is 11.2. The van der Waals surface area contributed by atoms with Crippen LogP contribution in [0.4, 0.5) is 0 Å². The zero-order valence-electron chi connectivity index (χ0n) is 19.5. The number of aliphatic hydroxyl groups excluding tert-OH is 2. The van der Waals surface area contributed by atoms with Gasteiger partial charge in [-0.25, -0.2) is 0 Å². The zero-order valence-corrected chi connectivity index (χ0v) is 19.5. The molecule has 0 atom stereocenters. The van der Waals surface area contributed by atoms with Gasteiger partial charge in [-0.15, -0.1) is 30.0 Å². The number of phenols is 2. The topological polar surface area (TPSA) is 142 Å². The molecule has 37 heavy (non-hydrogen) atoms. The van der Waals surface area contributed by atoms with Gasteiger partial charge < -0.3 is 20.4 Å². The molecule has 0 fully saturated rings. The lowest BCUT2D eigenvalue weighted by atomic mass is 9.98. The SMILES string of the molecule is OCc1cc(Cc2cc(CO)cc(-n3nc4ccccc4n3)c2O)c(O)c(-n2nc3ccccc3n2)c1. The van der Waals surface area contributed by atoms with Crippen molar-refractivity contribution in [2.24, 2.45) is 0 Å². The Balaban J connectivity index is 1.46. The molecule has 0 aliphatic carbocycles. The molecule has 2 aromatic heterocycles. The van der Waals surface area contributed by atoms with Crippen molar-refractivity contribution in [1.82, 2.24) is 30.0 Å². The standard InChI is InChI=1S/C27H22N6O4/c34-14-16-9-18(26(36)24(11-16)32-28-20-5-1-2-6-21(20)29-32)13-19-10-17(15-35)12-25(27(19)37)33-30-22-7-3-4-8-23(22)31-33/h1-12,34-37H,13-15H2. The van der Waals surface area contributed by atoms with Crippen LogP contribution >= 0.6 is 0 Å². The molecule has 0 saturated heterocycles. The number of benzene rings is 4. The van der Waals surface area contributed by atoms with E-state index in [9.17, 15) is 20.4 Å². The average molecular weight is 495 g/mol. The van der Waals surface area contributed by atoms with Crippen LogP contribution in [-0.4, -0.2) is 50.4 Å². The minimum absolute atomic E-state index is 0.0872. The van der Waals surface area contributed by atoms with Gasteiger partial charge in [0, 0.05) is 17.5 Å². The number of aromatic hydroxyl groups is 2. The third-order valence-corrected chi connectivity index (χ3v) is 6.21. The molecule has 0 aliphatic heterocycles. The van der Waals surface area contributed by atoms with Crippen LogP contribution in [0, 0.1) is 0 Å². The van der Waals surface area contributed by atoms with E-state index >= 15 is 0 Å². The van der Waals surface area contributed by atoms with E-state index < -0.39 is 0 Å². The van der Waals surface area contributed by atoms with E-state index in [1.54, 1.807) is 24.3 Å². The summed E-state index contributed by atoms with van der Waals surface area (Å²) in [5.41, 5.74) is 5.22. The number of phenolic OH excluding ortho intramolecular Hbond substituents is 2. The van der Waals surface area contributed by atoms with E-state index in [1.165, 1.54) is 9.59 Å². The van der Waals surface area contributed by atoms with Crippen LogP contribution in [0.2, 0.25) is 0 Å². The first-order valence-corrected chi connectivity index (χ1v) is 11.6. The van der Waals surface area contributed by atoms with Crippen LogP contribution < -0.4 is 0 Å². The third kappa shape index (κ3) is 4.03. The van der Waals surface area contributed by atoms with Crippen molar-refractivity contribution in [1.29, 1.82) is 0 Å². The van der Waals surface area contributed by atoms with Crippen molar-refractivity contribution in [3.8, 4) is 22.9 Å². The molecule has 10 nitrogen and oxygen atoms in total. The van der Waals surface area contributed by atoms with Gasteiger partial charge in [0.15, 0.2) is 0 Å². The molecule has 184 valence electrons. The minimum Gasteiger partial charge on any atom is -0.505 e. The van der Waals surface area contributed by atoms with Crippen molar-refractivity contribution >= 4 is 22.1 Å². The fourth-order valence-electron chi connectivity index (χ4n) is 4.38. The number of hydrogen-bond acceptors (Lipinski definition) is 8. The summed E-state index contributed by atoms with van der Waals surface area (Å²) >= 11 is 0. The van der Waals surface area contributed by atoms with Gasteiger partial charge in [-0.1, -0.05) is 24.3 Å². The Labute approximate surface area is 210 Å². The monoisotopic (exact) mass is 494 g/mol. The number of rotatable bonds is 6. The van der Waals surface area contributed by atoms with Gasteiger partial charge in [0.2, 0.25) is 0 Å². The highest BCUT2D eigenvalue weighted by molar-refractivity contribution is 5.74. The largest absolute Gasteiger partial charge is 0.505 e. The van der Waals surface area contributed by atoms with Gasteiger partial charge in [-0.3, -0.25) is 0 Å². The molecule has 0 bridgehead atoms. The van der Waals surface area contributed by atoms with Gasteiger partial charge in [0.05, 0.1) is 13.2 Å². The summed E-state index contributed by atoms with van der Waals surface area (Å²) in [6, 6.07) is 21.2. The second-order valence-electron chi connectivity index (χ2n) is 8.69.